The first-order valence-corrected chi connectivity index (χ1v) is 8.93. The molecule has 2 heteroatoms. The normalized spacial score (nSPS) is 12.5. The Hall–Kier alpha value is -0.530. The molecule has 0 aliphatic carbocycles. The topological polar surface area (TPSA) is 9.23 Å². The predicted molar refractivity (Wildman–Crippen MR) is 93.2 cm³/mol. The molecule has 0 radical (unpaired) electrons. The van der Waals surface area contributed by atoms with Crippen LogP contribution in [0.5, 0.6) is 0 Å². The van der Waals surface area contributed by atoms with Gasteiger partial charge >= 0.3 is 0 Å². The molecule has 21 heavy (non-hydrogen) atoms. The standard InChI is InChI=1S/C19H31ClO/c1-3-4-5-6-7-8-9-10-19(20)18-13-11-17(12-14-18)15-16-21-2/h11-14,19H,3-10,15-16H2,1-2H3. The maximum absolute atomic E-state index is 6.50. The molecule has 0 saturated heterocycles. The molecule has 1 atom stereocenters. The quantitative estimate of drug-likeness (QED) is 0.325. The van der Waals surface area contributed by atoms with Crippen molar-refractivity contribution in [1.29, 1.82) is 0 Å². The third kappa shape index (κ3) is 8.48. The molecule has 0 aromatic heterocycles. The molecule has 0 amide bonds. The molecule has 1 unspecified atom stereocenters. The summed E-state index contributed by atoms with van der Waals surface area (Å²) < 4.78 is 5.10. The molecule has 0 heterocycles. The number of halogens is 1. The van der Waals surface area contributed by atoms with E-state index in [1.54, 1.807) is 7.11 Å². The van der Waals surface area contributed by atoms with E-state index in [4.69, 9.17) is 16.3 Å². The molecule has 0 aliphatic rings. The number of hydrogen-bond donors (Lipinski definition) is 0. The molecule has 1 aromatic rings. The number of benzene rings is 1. The molecule has 0 fully saturated rings. The molecule has 0 aliphatic heterocycles. The summed E-state index contributed by atoms with van der Waals surface area (Å²) in [6, 6.07) is 8.69. The Morgan fingerprint density at radius 2 is 1.57 bits per heavy atom. The summed E-state index contributed by atoms with van der Waals surface area (Å²) in [5.74, 6) is 0. The third-order valence-electron chi connectivity index (χ3n) is 4.00. The van der Waals surface area contributed by atoms with Crippen LogP contribution in [-0.2, 0) is 11.2 Å². The van der Waals surface area contributed by atoms with E-state index in [1.165, 1.54) is 56.1 Å². The van der Waals surface area contributed by atoms with Crippen molar-refractivity contribution >= 4 is 11.6 Å². The lowest BCUT2D eigenvalue weighted by atomic mass is 10.0. The van der Waals surface area contributed by atoms with Gasteiger partial charge in [0.05, 0.1) is 12.0 Å². The Morgan fingerprint density at radius 3 is 2.19 bits per heavy atom. The zero-order chi connectivity index (χ0) is 15.3. The van der Waals surface area contributed by atoms with Crippen LogP contribution >= 0.6 is 11.6 Å². The van der Waals surface area contributed by atoms with Gasteiger partial charge in [-0.05, 0) is 24.0 Å². The summed E-state index contributed by atoms with van der Waals surface area (Å²) >= 11 is 6.50. The second-order valence-corrected chi connectivity index (χ2v) is 6.39. The van der Waals surface area contributed by atoms with Crippen LogP contribution in [0.2, 0.25) is 0 Å². The molecule has 1 aromatic carbocycles. The SMILES string of the molecule is CCCCCCCCCC(Cl)c1ccc(CCOC)cc1. The van der Waals surface area contributed by atoms with Crippen LogP contribution < -0.4 is 0 Å². The van der Waals surface area contributed by atoms with E-state index in [0.29, 0.717) is 0 Å². The van der Waals surface area contributed by atoms with E-state index in [2.05, 4.69) is 31.2 Å². The van der Waals surface area contributed by atoms with Crippen molar-refractivity contribution in [3.63, 3.8) is 0 Å². The minimum Gasteiger partial charge on any atom is -0.384 e. The Kier molecular flexibility index (Phi) is 10.6. The fourth-order valence-corrected chi connectivity index (χ4v) is 2.86. The van der Waals surface area contributed by atoms with E-state index in [9.17, 15) is 0 Å². The van der Waals surface area contributed by atoms with Crippen molar-refractivity contribution in [3.8, 4) is 0 Å². The van der Waals surface area contributed by atoms with Crippen molar-refractivity contribution in [2.75, 3.05) is 13.7 Å². The Balaban J connectivity index is 2.17. The van der Waals surface area contributed by atoms with Gasteiger partial charge in [0.15, 0.2) is 0 Å². The van der Waals surface area contributed by atoms with Gasteiger partial charge in [0.1, 0.15) is 0 Å². The van der Waals surface area contributed by atoms with E-state index in [1.807, 2.05) is 0 Å². The predicted octanol–water partition coefficient (Wildman–Crippen LogP) is 6.30. The van der Waals surface area contributed by atoms with Crippen LogP contribution in [-0.4, -0.2) is 13.7 Å². The van der Waals surface area contributed by atoms with Crippen LogP contribution in [0.25, 0.3) is 0 Å². The highest BCUT2D eigenvalue weighted by Crippen LogP contribution is 2.27. The van der Waals surface area contributed by atoms with Gasteiger partial charge in [-0.3, -0.25) is 0 Å². The van der Waals surface area contributed by atoms with Gasteiger partial charge in [-0.15, -0.1) is 11.6 Å². The molecule has 1 rings (SSSR count). The number of unbranched alkanes of at least 4 members (excludes halogenated alkanes) is 6. The average Bonchev–Trinajstić information content (AvgIpc) is 2.52. The van der Waals surface area contributed by atoms with Crippen molar-refractivity contribution in [1.82, 2.24) is 0 Å². The van der Waals surface area contributed by atoms with Gasteiger partial charge in [0, 0.05) is 7.11 Å². The summed E-state index contributed by atoms with van der Waals surface area (Å²) in [5.41, 5.74) is 2.57. The zero-order valence-electron chi connectivity index (χ0n) is 13.7. The fourth-order valence-electron chi connectivity index (χ4n) is 2.56. The summed E-state index contributed by atoms with van der Waals surface area (Å²) in [6.45, 7) is 3.04. The Morgan fingerprint density at radius 1 is 0.952 bits per heavy atom. The molecule has 0 N–H and O–H groups in total. The first-order valence-electron chi connectivity index (χ1n) is 8.49. The van der Waals surface area contributed by atoms with E-state index >= 15 is 0 Å². The molecule has 120 valence electrons. The fraction of sp³-hybridized carbons (Fsp3) is 0.684. The minimum absolute atomic E-state index is 0.164. The molecular formula is C19H31ClO. The van der Waals surface area contributed by atoms with Gasteiger partial charge in [-0.1, -0.05) is 76.1 Å². The highest BCUT2D eigenvalue weighted by atomic mass is 35.5. The van der Waals surface area contributed by atoms with E-state index in [-0.39, 0.29) is 5.38 Å². The van der Waals surface area contributed by atoms with Gasteiger partial charge in [0.2, 0.25) is 0 Å². The van der Waals surface area contributed by atoms with Crippen LogP contribution in [0.4, 0.5) is 0 Å². The Bertz CT molecular complexity index is 347. The van der Waals surface area contributed by atoms with Gasteiger partial charge in [-0.2, -0.15) is 0 Å². The average molecular weight is 311 g/mol. The van der Waals surface area contributed by atoms with Crippen molar-refractivity contribution in [2.24, 2.45) is 0 Å². The van der Waals surface area contributed by atoms with Gasteiger partial charge in [-0.25, -0.2) is 0 Å². The zero-order valence-corrected chi connectivity index (χ0v) is 14.5. The van der Waals surface area contributed by atoms with Gasteiger partial charge in [0.25, 0.3) is 0 Å². The van der Waals surface area contributed by atoms with Crippen molar-refractivity contribution in [2.45, 2.75) is 70.1 Å². The molecule has 0 bridgehead atoms. The second kappa shape index (κ2) is 12.1. The minimum atomic E-state index is 0.164. The van der Waals surface area contributed by atoms with Crippen molar-refractivity contribution < 1.29 is 4.74 Å². The van der Waals surface area contributed by atoms with Crippen LogP contribution in [0.3, 0.4) is 0 Å². The summed E-state index contributed by atoms with van der Waals surface area (Å²) in [5, 5.41) is 0.164. The number of rotatable bonds is 12. The first kappa shape index (κ1) is 18.5. The third-order valence-corrected chi connectivity index (χ3v) is 4.47. The monoisotopic (exact) mass is 310 g/mol. The smallest absolute Gasteiger partial charge is 0.0585 e. The maximum Gasteiger partial charge on any atom is 0.0585 e. The second-order valence-electron chi connectivity index (χ2n) is 5.86. The lowest BCUT2D eigenvalue weighted by Crippen LogP contribution is -1.96. The number of alkyl halides is 1. The van der Waals surface area contributed by atoms with Crippen molar-refractivity contribution in [3.05, 3.63) is 35.4 Å². The Labute approximate surface area is 136 Å². The molecule has 0 spiro atoms. The van der Waals surface area contributed by atoms with Crippen LogP contribution in [0.15, 0.2) is 24.3 Å². The summed E-state index contributed by atoms with van der Waals surface area (Å²) in [4.78, 5) is 0. The highest BCUT2D eigenvalue weighted by Gasteiger charge is 2.07. The number of hydrogen-bond acceptors (Lipinski definition) is 1. The number of ether oxygens (including phenoxy) is 1. The molecular weight excluding hydrogens is 280 g/mol. The van der Waals surface area contributed by atoms with Gasteiger partial charge < -0.3 is 4.74 Å². The summed E-state index contributed by atoms with van der Waals surface area (Å²) in [6.07, 6.45) is 11.5. The summed E-state index contributed by atoms with van der Waals surface area (Å²) in [7, 11) is 1.74. The van der Waals surface area contributed by atoms with E-state index in [0.717, 1.165) is 19.4 Å². The lowest BCUT2D eigenvalue weighted by Gasteiger charge is -2.10. The molecule has 0 saturated carbocycles. The molecule has 1 nitrogen and oxygen atoms in total. The highest BCUT2D eigenvalue weighted by molar-refractivity contribution is 6.20. The maximum atomic E-state index is 6.50. The van der Waals surface area contributed by atoms with E-state index < -0.39 is 0 Å². The van der Waals surface area contributed by atoms with Crippen LogP contribution in [0.1, 0.15) is 74.8 Å². The lowest BCUT2D eigenvalue weighted by molar-refractivity contribution is 0.202. The largest absolute Gasteiger partial charge is 0.384 e. The first-order chi connectivity index (χ1) is 10.3. The number of methoxy groups -OCH3 is 1. The van der Waals surface area contributed by atoms with Crippen LogP contribution in [0, 0.1) is 0 Å².